The second kappa shape index (κ2) is 7.50. The maximum Gasteiger partial charge on any atom is 0.411 e. The Kier molecular flexibility index (Phi) is 5.47. The van der Waals surface area contributed by atoms with Gasteiger partial charge >= 0.3 is 6.09 Å². The van der Waals surface area contributed by atoms with Crippen LogP contribution < -0.4 is 4.90 Å². The summed E-state index contributed by atoms with van der Waals surface area (Å²) in [7, 11) is 0. The van der Waals surface area contributed by atoms with Gasteiger partial charge in [0, 0.05) is 30.1 Å². The molecule has 2 aromatic heterocycles. The normalized spacial score (nSPS) is 15.5. The standard InChI is InChI=1S/C20H27ClN4O2/c1-13(2)18-14-9-17(21)22-10-15(14)16(11-23-18)24-7-6-8-25(12-24)19(26)27-20(3,4)5/h9-11,13H,6-8,12H2,1-5H3. The predicted molar refractivity (Wildman–Crippen MR) is 108 cm³/mol. The number of halogens is 1. The summed E-state index contributed by atoms with van der Waals surface area (Å²) < 4.78 is 5.53. The largest absolute Gasteiger partial charge is 0.444 e. The highest BCUT2D eigenvalue weighted by Crippen LogP contribution is 2.33. The molecule has 0 saturated carbocycles. The van der Waals surface area contributed by atoms with Gasteiger partial charge in [0.15, 0.2) is 0 Å². The minimum atomic E-state index is -0.507. The van der Waals surface area contributed by atoms with Crippen molar-refractivity contribution in [3.05, 3.63) is 29.3 Å². The van der Waals surface area contributed by atoms with Crippen LogP contribution in [0.5, 0.6) is 0 Å². The van der Waals surface area contributed by atoms with E-state index in [1.807, 2.05) is 33.0 Å². The van der Waals surface area contributed by atoms with E-state index in [0.29, 0.717) is 18.4 Å². The summed E-state index contributed by atoms with van der Waals surface area (Å²) >= 11 is 6.14. The number of carbonyl (C=O) groups excluding carboxylic acids is 1. The SMILES string of the molecule is CC(C)c1ncc(N2CCCN(C(=O)OC(C)(C)C)C2)c2cnc(Cl)cc12. The number of hydrogen-bond donors (Lipinski definition) is 0. The molecule has 27 heavy (non-hydrogen) atoms. The van der Waals surface area contributed by atoms with Gasteiger partial charge in [-0.25, -0.2) is 9.78 Å². The Morgan fingerprint density at radius 1 is 1.19 bits per heavy atom. The Bertz CT molecular complexity index is 848. The number of pyridine rings is 2. The molecule has 1 fully saturated rings. The van der Waals surface area contributed by atoms with Gasteiger partial charge in [0.25, 0.3) is 0 Å². The molecule has 0 bridgehead atoms. The summed E-state index contributed by atoms with van der Waals surface area (Å²) in [6, 6.07) is 1.87. The van der Waals surface area contributed by atoms with Gasteiger partial charge in [-0.05, 0) is 39.2 Å². The van der Waals surface area contributed by atoms with Crippen molar-refractivity contribution in [1.29, 1.82) is 0 Å². The number of rotatable bonds is 2. The van der Waals surface area contributed by atoms with Crippen LogP contribution >= 0.6 is 11.6 Å². The Hall–Kier alpha value is -2.08. The minimum Gasteiger partial charge on any atom is -0.444 e. The molecule has 0 unspecified atom stereocenters. The first kappa shape index (κ1) is 19.7. The molecule has 6 nitrogen and oxygen atoms in total. The lowest BCUT2D eigenvalue weighted by molar-refractivity contribution is 0.0226. The first-order valence-corrected chi connectivity index (χ1v) is 9.70. The molecule has 0 N–H and O–H groups in total. The molecule has 1 aliphatic rings. The maximum absolute atomic E-state index is 12.5. The molecule has 0 aliphatic carbocycles. The zero-order valence-corrected chi connectivity index (χ0v) is 17.4. The van der Waals surface area contributed by atoms with E-state index in [1.54, 1.807) is 11.1 Å². The van der Waals surface area contributed by atoms with Crippen LogP contribution in [-0.4, -0.2) is 46.3 Å². The monoisotopic (exact) mass is 390 g/mol. The smallest absolute Gasteiger partial charge is 0.411 e. The molecule has 1 amide bonds. The van der Waals surface area contributed by atoms with Crippen molar-refractivity contribution >= 4 is 34.2 Å². The predicted octanol–water partition coefficient (Wildman–Crippen LogP) is 4.81. The van der Waals surface area contributed by atoms with Crippen LogP contribution in [0.25, 0.3) is 10.8 Å². The molecule has 3 rings (SSSR count). The average molecular weight is 391 g/mol. The molecule has 0 atom stereocenters. The van der Waals surface area contributed by atoms with Gasteiger partial charge in [0.1, 0.15) is 10.8 Å². The number of ether oxygens (including phenoxy) is 1. The minimum absolute atomic E-state index is 0.277. The summed E-state index contributed by atoms with van der Waals surface area (Å²) in [5.41, 5.74) is 1.46. The van der Waals surface area contributed by atoms with Gasteiger partial charge in [-0.3, -0.25) is 9.88 Å². The van der Waals surface area contributed by atoms with Gasteiger partial charge < -0.3 is 9.64 Å². The first-order valence-electron chi connectivity index (χ1n) is 9.33. The van der Waals surface area contributed by atoms with Crippen molar-refractivity contribution in [3.63, 3.8) is 0 Å². The third-order valence-corrected chi connectivity index (χ3v) is 4.69. The fourth-order valence-electron chi connectivity index (χ4n) is 3.30. The zero-order chi connectivity index (χ0) is 19.8. The summed E-state index contributed by atoms with van der Waals surface area (Å²) in [6.07, 6.45) is 4.26. The number of carbonyl (C=O) groups is 1. The fourth-order valence-corrected chi connectivity index (χ4v) is 3.46. The molecule has 1 aliphatic heterocycles. The maximum atomic E-state index is 12.5. The van der Waals surface area contributed by atoms with E-state index in [1.165, 1.54) is 0 Å². The molecule has 0 radical (unpaired) electrons. The van der Waals surface area contributed by atoms with E-state index < -0.39 is 5.60 Å². The van der Waals surface area contributed by atoms with Crippen LogP contribution in [0.1, 0.15) is 52.7 Å². The molecule has 0 spiro atoms. The van der Waals surface area contributed by atoms with E-state index in [4.69, 9.17) is 16.3 Å². The highest BCUT2D eigenvalue weighted by atomic mass is 35.5. The Morgan fingerprint density at radius 2 is 1.93 bits per heavy atom. The van der Waals surface area contributed by atoms with E-state index in [-0.39, 0.29) is 12.0 Å². The van der Waals surface area contributed by atoms with Crippen molar-refractivity contribution in [2.45, 2.75) is 52.6 Å². The molecule has 7 heteroatoms. The number of aromatic nitrogens is 2. The topological polar surface area (TPSA) is 58.6 Å². The third kappa shape index (κ3) is 4.43. The quantitative estimate of drug-likeness (QED) is 0.688. The summed E-state index contributed by atoms with van der Waals surface area (Å²) in [5, 5.41) is 2.47. The summed E-state index contributed by atoms with van der Waals surface area (Å²) in [5.74, 6) is 0.277. The number of fused-ring (bicyclic) bond motifs is 1. The van der Waals surface area contributed by atoms with Gasteiger partial charge in [0.2, 0.25) is 0 Å². The van der Waals surface area contributed by atoms with Crippen molar-refractivity contribution < 1.29 is 9.53 Å². The van der Waals surface area contributed by atoms with Gasteiger partial charge in [-0.1, -0.05) is 25.4 Å². The second-order valence-electron chi connectivity index (χ2n) is 8.24. The first-order chi connectivity index (χ1) is 12.7. The van der Waals surface area contributed by atoms with Crippen LogP contribution in [-0.2, 0) is 4.74 Å². The summed E-state index contributed by atoms with van der Waals surface area (Å²) in [4.78, 5) is 25.3. The van der Waals surface area contributed by atoms with Crippen molar-refractivity contribution in [2.24, 2.45) is 0 Å². The van der Waals surface area contributed by atoms with Gasteiger partial charge in [-0.15, -0.1) is 0 Å². The van der Waals surface area contributed by atoms with Gasteiger partial charge in [-0.2, -0.15) is 0 Å². The zero-order valence-electron chi connectivity index (χ0n) is 16.6. The average Bonchev–Trinajstić information content (AvgIpc) is 2.59. The van der Waals surface area contributed by atoms with E-state index in [2.05, 4.69) is 28.7 Å². The highest BCUT2D eigenvalue weighted by Gasteiger charge is 2.27. The third-order valence-electron chi connectivity index (χ3n) is 4.49. The lowest BCUT2D eigenvalue weighted by Gasteiger charge is -2.38. The van der Waals surface area contributed by atoms with Gasteiger partial charge in [0.05, 0.1) is 24.2 Å². The number of anilines is 1. The highest BCUT2D eigenvalue weighted by molar-refractivity contribution is 6.30. The molecular formula is C20H27ClN4O2. The number of hydrogen-bond acceptors (Lipinski definition) is 5. The molecule has 3 heterocycles. The van der Waals surface area contributed by atoms with E-state index in [9.17, 15) is 4.79 Å². The van der Waals surface area contributed by atoms with Crippen LogP contribution in [0.4, 0.5) is 10.5 Å². The lowest BCUT2D eigenvalue weighted by atomic mass is 10.0. The van der Waals surface area contributed by atoms with Crippen molar-refractivity contribution in [2.75, 3.05) is 24.7 Å². The number of nitrogens with zero attached hydrogens (tertiary/aromatic N) is 4. The van der Waals surface area contributed by atoms with E-state index in [0.717, 1.165) is 35.1 Å². The molecular weight excluding hydrogens is 364 g/mol. The summed E-state index contributed by atoms with van der Waals surface area (Å²) in [6.45, 7) is 11.9. The van der Waals surface area contributed by atoms with Crippen molar-refractivity contribution in [1.82, 2.24) is 14.9 Å². The number of amides is 1. The second-order valence-corrected chi connectivity index (χ2v) is 8.63. The Labute approximate surface area is 165 Å². The molecule has 1 saturated heterocycles. The van der Waals surface area contributed by atoms with Crippen LogP contribution in [0.2, 0.25) is 5.15 Å². The Morgan fingerprint density at radius 3 is 2.59 bits per heavy atom. The van der Waals surface area contributed by atoms with Crippen LogP contribution in [0, 0.1) is 0 Å². The molecule has 146 valence electrons. The Balaban J connectivity index is 1.93. The molecule has 2 aromatic rings. The molecule has 0 aromatic carbocycles. The van der Waals surface area contributed by atoms with E-state index >= 15 is 0 Å². The van der Waals surface area contributed by atoms with Crippen LogP contribution in [0.15, 0.2) is 18.5 Å². The van der Waals surface area contributed by atoms with Crippen LogP contribution in [0.3, 0.4) is 0 Å². The lowest BCUT2D eigenvalue weighted by Crippen LogP contribution is -2.49. The van der Waals surface area contributed by atoms with Crippen molar-refractivity contribution in [3.8, 4) is 0 Å². The fraction of sp³-hybridized carbons (Fsp3) is 0.550.